The molecule has 0 aliphatic rings. The van der Waals surface area contributed by atoms with Crippen LogP contribution in [0.4, 0.5) is 0 Å². The number of H-pyrrole nitrogens is 1. The number of nitrogens with zero attached hydrogens (tertiary/aromatic N) is 4. The average Bonchev–Trinajstić information content (AvgIpc) is 3.31. The number of allylic oxidation sites excluding steroid dienone is 1. The lowest BCUT2D eigenvalue weighted by Crippen LogP contribution is -1.97. The second-order valence-electron chi connectivity index (χ2n) is 5.85. The molecule has 0 radical (unpaired) electrons. The van der Waals surface area contributed by atoms with Gasteiger partial charge < -0.3 is 10.1 Å². The number of para-hydroxylation sites is 2. The van der Waals surface area contributed by atoms with Crippen molar-refractivity contribution in [1.82, 2.24) is 19.7 Å². The molecule has 144 valence electrons. The summed E-state index contributed by atoms with van der Waals surface area (Å²) < 4.78 is 2.90. The smallest absolute Gasteiger partial charge is 0.184 e. The van der Waals surface area contributed by atoms with E-state index in [1.54, 1.807) is 16.8 Å². The number of aliphatic hydroxyl groups excluding tert-OH is 1. The van der Waals surface area contributed by atoms with Crippen molar-refractivity contribution in [3.05, 3.63) is 69.1 Å². The van der Waals surface area contributed by atoms with Crippen molar-refractivity contribution < 1.29 is 5.11 Å². The monoisotopic (exact) mass is 457 g/mol. The Kier molecular flexibility index (Phi) is 5.69. The molecule has 2 aromatic heterocycles. The number of hydrogen-bond acceptors (Lipinski definition) is 7. The Bertz CT molecular complexity index is 1280. The molecule has 0 atom stereocenters. The van der Waals surface area contributed by atoms with Crippen LogP contribution in [0, 0.1) is 15.3 Å². The summed E-state index contributed by atoms with van der Waals surface area (Å²) in [5.41, 5.74) is 2.45. The van der Waals surface area contributed by atoms with Crippen LogP contribution in [0.1, 0.15) is 5.82 Å². The topological polar surface area (TPSA) is 90.5 Å². The van der Waals surface area contributed by atoms with E-state index in [-0.39, 0.29) is 17.1 Å². The fourth-order valence-corrected chi connectivity index (χ4v) is 4.96. The van der Waals surface area contributed by atoms with Crippen molar-refractivity contribution >= 4 is 63.5 Å². The van der Waals surface area contributed by atoms with Crippen molar-refractivity contribution in [2.45, 2.75) is 4.34 Å². The summed E-state index contributed by atoms with van der Waals surface area (Å²) in [5.74, 6) is 0.435. The van der Waals surface area contributed by atoms with Crippen molar-refractivity contribution in [3.8, 4) is 11.8 Å². The van der Waals surface area contributed by atoms with Crippen LogP contribution in [0.25, 0.3) is 22.3 Å². The molecule has 0 saturated heterocycles. The normalized spacial score (nSPS) is 12.0. The van der Waals surface area contributed by atoms with Gasteiger partial charge in [-0.1, -0.05) is 46.8 Å². The highest BCUT2D eigenvalue weighted by Gasteiger charge is 2.15. The zero-order chi connectivity index (χ0) is 20.4. The first kappa shape index (κ1) is 19.7. The van der Waals surface area contributed by atoms with Gasteiger partial charge in [-0.05, 0) is 48.6 Å². The molecule has 2 heterocycles. The molecule has 2 aromatic carbocycles. The highest BCUT2D eigenvalue weighted by Crippen LogP contribution is 2.28. The number of hydrogen-bond donors (Lipinski definition) is 2. The summed E-state index contributed by atoms with van der Waals surface area (Å²) in [6.07, 6.45) is 0. The number of aliphatic hydroxyl groups is 1. The summed E-state index contributed by atoms with van der Waals surface area (Å²) in [6, 6.07) is 16.7. The molecule has 0 unspecified atom stereocenters. The molecule has 0 bridgehead atoms. The predicted molar refractivity (Wildman–Crippen MR) is 119 cm³/mol. The van der Waals surface area contributed by atoms with Crippen LogP contribution in [0.15, 0.2) is 58.6 Å². The molecule has 4 rings (SSSR count). The third kappa shape index (κ3) is 4.21. The first-order chi connectivity index (χ1) is 14.0. The average molecular weight is 458 g/mol. The molecular formula is C19H12ClN5OS3. The largest absolute Gasteiger partial charge is 0.510 e. The number of nitriles is 1. The Hall–Kier alpha value is -2.64. The number of fused-ring (bicyclic) bond motifs is 1. The molecule has 2 N–H and O–H groups in total. The van der Waals surface area contributed by atoms with Crippen LogP contribution in [-0.2, 0) is 0 Å². The molecule has 0 saturated carbocycles. The van der Waals surface area contributed by atoms with Crippen molar-refractivity contribution in [3.63, 3.8) is 0 Å². The molecule has 4 aromatic rings. The van der Waals surface area contributed by atoms with Gasteiger partial charge in [0.2, 0.25) is 0 Å². The standard InChI is InChI=1S/C19H12ClN5OS3/c20-11-5-7-12(8-6-11)25-19(27)29-18(24-25)28-10-16(26)13(9-21)17-22-14-3-1-2-4-15(14)23-17/h1-8,26H,10H2,(H,22,23)/b16-13-. The molecular weight excluding hydrogens is 446 g/mol. The summed E-state index contributed by atoms with van der Waals surface area (Å²) >= 11 is 13.9. The number of aromatic amines is 1. The Morgan fingerprint density at radius 1 is 1.28 bits per heavy atom. The minimum atomic E-state index is -0.0734. The van der Waals surface area contributed by atoms with E-state index >= 15 is 0 Å². The maximum atomic E-state index is 10.5. The van der Waals surface area contributed by atoms with Crippen LogP contribution in [0.2, 0.25) is 5.02 Å². The van der Waals surface area contributed by atoms with E-state index < -0.39 is 0 Å². The second kappa shape index (κ2) is 8.39. The van der Waals surface area contributed by atoms with Gasteiger partial charge in [-0.15, -0.1) is 5.10 Å². The first-order valence-corrected chi connectivity index (χ1v) is 10.9. The van der Waals surface area contributed by atoms with Gasteiger partial charge in [0.25, 0.3) is 0 Å². The van der Waals surface area contributed by atoms with Gasteiger partial charge in [0.05, 0.1) is 22.5 Å². The highest BCUT2D eigenvalue weighted by molar-refractivity contribution is 8.01. The van der Waals surface area contributed by atoms with E-state index in [1.165, 1.54) is 23.1 Å². The SMILES string of the molecule is N#C/C(=C(/O)CSc1nn(-c2ccc(Cl)cc2)c(=S)s1)c1nc2ccccc2[nH]1. The molecule has 6 nitrogen and oxygen atoms in total. The summed E-state index contributed by atoms with van der Waals surface area (Å²) in [6.45, 7) is 0. The number of halogens is 1. The van der Waals surface area contributed by atoms with Gasteiger partial charge in [-0.25, -0.2) is 9.67 Å². The van der Waals surface area contributed by atoms with Crippen molar-refractivity contribution in [2.24, 2.45) is 0 Å². The van der Waals surface area contributed by atoms with E-state index in [1.807, 2.05) is 42.5 Å². The lowest BCUT2D eigenvalue weighted by atomic mass is 10.2. The lowest BCUT2D eigenvalue weighted by Gasteiger charge is -2.01. The Labute approximate surface area is 184 Å². The lowest BCUT2D eigenvalue weighted by molar-refractivity contribution is 0.420. The van der Waals surface area contributed by atoms with Crippen LogP contribution >= 0.6 is 46.9 Å². The van der Waals surface area contributed by atoms with E-state index in [0.717, 1.165) is 16.7 Å². The molecule has 29 heavy (non-hydrogen) atoms. The molecule has 0 amide bonds. The maximum Gasteiger partial charge on any atom is 0.184 e. The van der Waals surface area contributed by atoms with E-state index in [2.05, 4.69) is 15.1 Å². The second-order valence-corrected chi connectivity index (χ2v) is 9.13. The summed E-state index contributed by atoms with van der Waals surface area (Å²) in [5, 5.41) is 25.1. The van der Waals surface area contributed by atoms with Gasteiger partial charge in [0, 0.05) is 5.02 Å². The minimum Gasteiger partial charge on any atom is -0.510 e. The zero-order valence-electron chi connectivity index (χ0n) is 14.7. The molecule has 10 heteroatoms. The van der Waals surface area contributed by atoms with Gasteiger partial charge in [0.1, 0.15) is 17.4 Å². The number of thioether (sulfide) groups is 1. The number of nitrogens with one attached hydrogen (secondary N) is 1. The third-order valence-electron chi connectivity index (χ3n) is 3.96. The van der Waals surface area contributed by atoms with Gasteiger partial charge in [-0.3, -0.25) is 0 Å². The maximum absolute atomic E-state index is 10.5. The summed E-state index contributed by atoms with van der Waals surface area (Å²) in [4.78, 5) is 7.43. The quantitative estimate of drug-likeness (QED) is 0.171. The minimum absolute atomic E-state index is 0.0734. The summed E-state index contributed by atoms with van der Waals surface area (Å²) in [7, 11) is 0. The Morgan fingerprint density at radius 2 is 2.03 bits per heavy atom. The van der Waals surface area contributed by atoms with Gasteiger partial charge in [-0.2, -0.15) is 5.26 Å². The van der Waals surface area contributed by atoms with E-state index in [0.29, 0.717) is 19.1 Å². The molecule has 0 aliphatic carbocycles. The number of aromatic nitrogens is 4. The molecule has 0 spiro atoms. The highest BCUT2D eigenvalue weighted by atomic mass is 35.5. The van der Waals surface area contributed by atoms with E-state index in [4.69, 9.17) is 23.8 Å². The van der Waals surface area contributed by atoms with Gasteiger partial charge in [0.15, 0.2) is 14.1 Å². The zero-order valence-corrected chi connectivity index (χ0v) is 17.9. The van der Waals surface area contributed by atoms with Crippen molar-refractivity contribution in [1.29, 1.82) is 5.26 Å². The number of imidazole rings is 1. The molecule has 0 aliphatic heterocycles. The van der Waals surface area contributed by atoms with Crippen LogP contribution < -0.4 is 0 Å². The van der Waals surface area contributed by atoms with Crippen LogP contribution in [-0.4, -0.2) is 30.6 Å². The number of rotatable bonds is 5. The predicted octanol–water partition coefficient (Wildman–Crippen LogP) is 5.78. The fourth-order valence-electron chi connectivity index (χ4n) is 2.59. The fraction of sp³-hybridized carbons (Fsp3) is 0.0526. The third-order valence-corrected chi connectivity index (χ3v) is 6.59. The number of benzene rings is 2. The van der Waals surface area contributed by atoms with E-state index in [9.17, 15) is 10.4 Å². The van der Waals surface area contributed by atoms with Crippen LogP contribution in [0.3, 0.4) is 0 Å². The van der Waals surface area contributed by atoms with Crippen LogP contribution in [0.5, 0.6) is 0 Å². The Morgan fingerprint density at radius 3 is 2.76 bits per heavy atom. The van der Waals surface area contributed by atoms with Crippen molar-refractivity contribution in [2.75, 3.05) is 5.75 Å². The first-order valence-electron chi connectivity index (χ1n) is 8.31. The molecule has 0 fully saturated rings. The van der Waals surface area contributed by atoms with Gasteiger partial charge >= 0.3 is 0 Å². The Balaban J connectivity index is 1.56.